The molecular formula is C14H12ClN3O3S2. The molecule has 2 aromatic rings. The predicted octanol–water partition coefficient (Wildman–Crippen LogP) is 2.25. The highest BCUT2D eigenvalue weighted by Crippen LogP contribution is 2.35. The zero-order valence-corrected chi connectivity index (χ0v) is 14.4. The van der Waals surface area contributed by atoms with Crippen molar-refractivity contribution in [1.82, 2.24) is 5.32 Å². The van der Waals surface area contributed by atoms with Gasteiger partial charge in [-0.2, -0.15) is 5.10 Å². The van der Waals surface area contributed by atoms with Crippen LogP contribution in [0.15, 0.2) is 45.7 Å². The first-order chi connectivity index (χ1) is 10.9. The van der Waals surface area contributed by atoms with Gasteiger partial charge in [-0.3, -0.25) is 9.80 Å². The van der Waals surface area contributed by atoms with Crippen LogP contribution in [0.3, 0.4) is 0 Å². The average molecular weight is 370 g/mol. The summed E-state index contributed by atoms with van der Waals surface area (Å²) in [5.74, 6) is -0.733. The zero-order chi connectivity index (χ0) is 16.6. The monoisotopic (exact) mass is 369 g/mol. The molecule has 1 aromatic heterocycles. The van der Waals surface area contributed by atoms with Crippen LogP contribution in [0, 0.1) is 0 Å². The van der Waals surface area contributed by atoms with Crippen LogP contribution >= 0.6 is 22.9 Å². The fraction of sp³-hybridized carbons (Fsp3) is 0.143. The topological polar surface area (TPSA) is 78.8 Å². The second kappa shape index (κ2) is 5.95. The number of nitrogens with zero attached hydrogens (tertiary/aromatic N) is 2. The third kappa shape index (κ3) is 2.97. The fourth-order valence-electron chi connectivity index (χ4n) is 2.10. The molecule has 1 N–H and O–H groups in total. The van der Waals surface area contributed by atoms with Crippen molar-refractivity contribution in [2.24, 2.45) is 5.10 Å². The van der Waals surface area contributed by atoms with Crippen molar-refractivity contribution in [3.05, 3.63) is 46.3 Å². The molecule has 1 aromatic carbocycles. The fourth-order valence-corrected chi connectivity index (χ4v) is 4.86. The molecular weight excluding hydrogens is 358 g/mol. The lowest BCUT2D eigenvalue weighted by molar-refractivity contribution is -0.114. The molecule has 0 unspecified atom stereocenters. The van der Waals surface area contributed by atoms with Gasteiger partial charge in [-0.15, -0.1) is 11.3 Å². The van der Waals surface area contributed by atoms with Crippen LogP contribution in [-0.4, -0.2) is 26.4 Å². The normalized spacial score (nSPS) is 15.7. The first-order valence-corrected chi connectivity index (χ1v) is 9.31. The van der Waals surface area contributed by atoms with E-state index in [2.05, 4.69) is 10.4 Å². The number of anilines is 1. The number of amides is 1. The molecule has 0 saturated carbocycles. The van der Waals surface area contributed by atoms with E-state index < -0.39 is 20.8 Å². The highest BCUT2D eigenvalue weighted by atomic mass is 35.5. The summed E-state index contributed by atoms with van der Waals surface area (Å²) < 4.78 is 25.0. The van der Waals surface area contributed by atoms with Gasteiger partial charge < -0.3 is 5.32 Å². The molecule has 3 rings (SSSR count). The van der Waals surface area contributed by atoms with Gasteiger partial charge in [0.25, 0.3) is 5.91 Å². The lowest BCUT2D eigenvalue weighted by Crippen LogP contribution is -2.39. The maximum Gasteiger partial charge on any atom is 0.284 e. The van der Waals surface area contributed by atoms with Crippen molar-refractivity contribution in [2.45, 2.75) is 11.4 Å². The van der Waals surface area contributed by atoms with Crippen LogP contribution in [0.25, 0.3) is 0 Å². The molecule has 0 fully saturated rings. The highest BCUT2D eigenvalue weighted by molar-refractivity contribution is 8.08. The number of hydrogen-bond acceptors (Lipinski definition) is 6. The average Bonchev–Trinajstić information content (AvgIpc) is 3.01. The Labute approximate surface area is 142 Å². The summed E-state index contributed by atoms with van der Waals surface area (Å²) in [5.41, 5.74) is 0.807. The van der Waals surface area contributed by atoms with Crippen LogP contribution in [0.5, 0.6) is 0 Å². The number of carbonyl (C=O) groups excluding carboxylic acids is 1. The van der Waals surface area contributed by atoms with Crippen molar-refractivity contribution in [3.63, 3.8) is 0 Å². The van der Waals surface area contributed by atoms with Gasteiger partial charge in [0, 0.05) is 18.6 Å². The van der Waals surface area contributed by atoms with Gasteiger partial charge >= 0.3 is 0 Å². The van der Waals surface area contributed by atoms with E-state index in [1.54, 1.807) is 36.7 Å². The van der Waals surface area contributed by atoms with Gasteiger partial charge in [0.2, 0.25) is 14.9 Å². The second-order valence-electron chi connectivity index (χ2n) is 4.83. The molecule has 0 spiro atoms. The number of halogens is 1. The molecule has 0 saturated heterocycles. The Balaban J connectivity index is 1.81. The summed E-state index contributed by atoms with van der Waals surface area (Å²) in [5, 5.41) is 10.1. The van der Waals surface area contributed by atoms with E-state index in [1.807, 2.05) is 0 Å². The molecule has 0 radical (unpaired) electrons. The van der Waals surface area contributed by atoms with Gasteiger partial charge in [0.1, 0.15) is 9.90 Å². The Morgan fingerprint density at radius 2 is 2.00 bits per heavy atom. The van der Waals surface area contributed by atoms with E-state index in [4.69, 9.17) is 11.6 Å². The Hall–Kier alpha value is -1.90. The summed E-state index contributed by atoms with van der Waals surface area (Å²) in [7, 11) is -2.29. The van der Waals surface area contributed by atoms with Gasteiger partial charge in [-0.25, -0.2) is 8.42 Å². The summed E-state index contributed by atoms with van der Waals surface area (Å²) in [6.07, 6.45) is 0. The van der Waals surface area contributed by atoms with Crippen molar-refractivity contribution in [3.8, 4) is 0 Å². The Bertz CT molecular complexity index is 888. The van der Waals surface area contributed by atoms with Crippen LogP contribution in [-0.2, 0) is 21.2 Å². The molecule has 23 heavy (non-hydrogen) atoms. The van der Waals surface area contributed by atoms with Crippen molar-refractivity contribution in [2.75, 3.05) is 12.1 Å². The number of hydrazone groups is 1. The highest BCUT2D eigenvalue weighted by Gasteiger charge is 2.37. The molecule has 0 bridgehead atoms. The van der Waals surface area contributed by atoms with E-state index in [0.29, 0.717) is 10.0 Å². The molecule has 1 amide bonds. The molecule has 9 heteroatoms. The minimum atomic E-state index is -3.90. The molecule has 6 nitrogen and oxygen atoms in total. The number of thiophene rings is 1. The number of benzene rings is 1. The van der Waals surface area contributed by atoms with E-state index in [-0.39, 0.29) is 11.4 Å². The van der Waals surface area contributed by atoms with Crippen LogP contribution in [0.4, 0.5) is 5.00 Å². The summed E-state index contributed by atoms with van der Waals surface area (Å²) >= 11 is 7.05. The number of nitrogens with one attached hydrogen (secondary N) is 1. The van der Waals surface area contributed by atoms with Gasteiger partial charge in [0.15, 0.2) is 0 Å². The minimum Gasteiger partial charge on any atom is -0.346 e. The number of rotatable bonds is 3. The largest absolute Gasteiger partial charge is 0.346 e. The lowest BCUT2D eigenvalue weighted by Gasteiger charge is -2.20. The molecule has 0 atom stereocenters. The van der Waals surface area contributed by atoms with Crippen molar-refractivity contribution >= 4 is 48.7 Å². The Morgan fingerprint density at radius 1 is 1.30 bits per heavy atom. The Kier molecular flexibility index (Phi) is 4.13. The van der Waals surface area contributed by atoms with E-state index in [9.17, 15) is 13.2 Å². The SMILES string of the molecule is CN1N=C(C(=O)NCc2ccc(Cl)cc2)S(=O)(=O)c2ccsc21. The summed E-state index contributed by atoms with van der Waals surface area (Å²) in [6, 6.07) is 8.38. The van der Waals surface area contributed by atoms with Crippen molar-refractivity contribution < 1.29 is 13.2 Å². The smallest absolute Gasteiger partial charge is 0.284 e. The third-order valence-corrected chi connectivity index (χ3v) is 6.29. The first-order valence-electron chi connectivity index (χ1n) is 6.57. The molecule has 2 heterocycles. The number of hydrogen-bond donors (Lipinski definition) is 1. The maximum atomic E-state index is 12.5. The molecule has 1 aliphatic rings. The van der Waals surface area contributed by atoms with Crippen LogP contribution in [0.1, 0.15) is 5.56 Å². The molecule has 120 valence electrons. The van der Waals surface area contributed by atoms with E-state index in [0.717, 1.165) is 5.56 Å². The minimum absolute atomic E-state index is 0.108. The van der Waals surface area contributed by atoms with E-state index >= 15 is 0 Å². The summed E-state index contributed by atoms with van der Waals surface area (Å²) in [4.78, 5) is 12.4. The van der Waals surface area contributed by atoms with Crippen LogP contribution in [0.2, 0.25) is 5.02 Å². The standard InChI is InChI=1S/C14H12ClN3O3S2/c1-18-14-11(6-7-22-14)23(20,21)13(17-18)12(19)16-8-9-2-4-10(15)5-3-9/h2-7H,8H2,1H3,(H,16,19). The first kappa shape index (κ1) is 16.0. The second-order valence-corrected chi connectivity index (χ2v) is 8.00. The quantitative estimate of drug-likeness (QED) is 0.900. The van der Waals surface area contributed by atoms with E-state index in [1.165, 1.54) is 22.4 Å². The lowest BCUT2D eigenvalue weighted by atomic mass is 10.2. The van der Waals surface area contributed by atoms with Gasteiger partial charge in [-0.05, 0) is 29.1 Å². The van der Waals surface area contributed by atoms with Crippen LogP contribution < -0.4 is 10.3 Å². The third-order valence-electron chi connectivity index (χ3n) is 3.25. The number of fused-ring (bicyclic) bond motifs is 1. The molecule has 0 aliphatic carbocycles. The summed E-state index contributed by atoms with van der Waals surface area (Å²) in [6.45, 7) is 0.185. The number of carbonyl (C=O) groups is 1. The zero-order valence-electron chi connectivity index (χ0n) is 12.0. The maximum absolute atomic E-state index is 12.5. The van der Waals surface area contributed by atoms with Crippen molar-refractivity contribution in [1.29, 1.82) is 0 Å². The predicted molar refractivity (Wildman–Crippen MR) is 90.6 cm³/mol. The van der Waals surface area contributed by atoms with Gasteiger partial charge in [-0.1, -0.05) is 23.7 Å². The number of sulfone groups is 1. The Morgan fingerprint density at radius 3 is 2.70 bits per heavy atom. The van der Waals surface area contributed by atoms with Gasteiger partial charge in [0.05, 0.1) is 0 Å². The molecule has 1 aliphatic heterocycles.